The number of unbranched alkanes of at least 4 members (excludes halogenated alkanes) is 11. The molecule has 1 rings (SSSR count). The Kier molecular flexibility index (Phi) is 20.0. The van der Waals surface area contributed by atoms with Gasteiger partial charge in [0, 0.05) is 11.8 Å². The Balaban J connectivity index is 2.19. The first-order valence-corrected chi connectivity index (χ1v) is 15.2. The maximum Gasteiger partial charge on any atom is 0.305 e. The first-order valence-electron chi connectivity index (χ1n) is 15.2. The average molecular weight is 561 g/mol. The lowest BCUT2D eigenvalue weighted by molar-refractivity contribution is -0.308. The van der Waals surface area contributed by atoms with Gasteiger partial charge in [0.25, 0.3) is 0 Å². The SMILES string of the molecule is CCCCCCCC/C=C\CCCCCCCC(=O)OC[C@H]1O[C@H](OCC(CC)(CO)CO)[C@H](O)[C@@H](O)[C@@H]1O. The smallest absolute Gasteiger partial charge is 0.305 e. The normalized spacial score (nSPS) is 23.9. The van der Waals surface area contributed by atoms with Crippen LogP contribution in [0.1, 0.15) is 110 Å². The van der Waals surface area contributed by atoms with Crippen LogP contribution in [0.4, 0.5) is 0 Å². The third-order valence-corrected chi connectivity index (χ3v) is 7.69. The second-order valence-electron chi connectivity index (χ2n) is 11.0. The van der Waals surface area contributed by atoms with Gasteiger partial charge in [0.05, 0.1) is 19.8 Å². The summed E-state index contributed by atoms with van der Waals surface area (Å²) in [4.78, 5) is 12.2. The second kappa shape index (κ2) is 21.6. The van der Waals surface area contributed by atoms with Crippen molar-refractivity contribution in [2.24, 2.45) is 5.41 Å². The van der Waals surface area contributed by atoms with E-state index in [1.165, 1.54) is 44.9 Å². The molecule has 9 nitrogen and oxygen atoms in total. The molecular formula is C30H56O9. The number of rotatable bonds is 23. The molecule has 230 valence electrons. The average Bonchev–Trinajstić information content (AvgIpc) is 2.95. The first-order chi connectivity index (χ1) is 18.8. The molecule has 0 unspecified atom stereocenters. The van der Waals surface area contributed by atoms with Gasteiger partial charge in [-0.2, -0.15) is 0 Å². The van der Waals surface area contributed by atoms with Crippen LogP contribution in [0, 0.1) is 5.41 Å². The summed E-state index contributed by atoms with van der Waals surface area (Å²) in [7, 11) is 0. The fourth-order valence-corrected chi connectivity index (χ4v) is 4.51. The van der Waals surface area contributed by atoms with Crippen LogP contribution in [0.15, 0.2) is 12.2 Å². The number of ether oxygens (including phenoxy) is 3. The zero-order valence-corrected chi connectivity index (χ0v) is 24.3. The highest BCUT2D eigenvalue weighted by molar-refractivity contribution is 5.69. The van der Waals surface area contributed by atoms with Gasteiger partial charge in [-0.05, 0) is 38.5 Å². The molecule has 1 aliphatic heterocycles. The summed E-state index contributed by atoms with van der Waals surface area (Å²) in [5, 5.41) is 49.8. The molecule has 9 heteroatoms. The van der Waals surface area contributed by atoms with Crippen molar-refractivity contribution in [1.29, 1.82) is 0 Å². The van der Waals surface area contributed by atoms with Crippen LogP contribution in [-0.4, -0.2) is 88.6 Å². The van der Waals surface area contributed by atoms with Crippen LogP contribution in [0.3, 0.4) is 0 Å². The van der Waals surface area contributed by atoms with E-state index in [1.54, 1.807) is 6.92 Å². The van der Waals surface area contributed by atoms with Gasteiger partial charge in [0.2, 0.25) is 0 Å². The second-order valence-corrected chi connectivity index (χ2v) is 11.0. The molecule has 0 amide bonds. The molecule has 1 saturated heterocycles. The van der Waals surface area contributed by atoms with Gasteiger partial charge >= 0.3 is 5.97 Å². The quantitative estimate of drug-likeness (QED) is 0.0716. The predicted octanol–water partition coefficient (Wildman–Crippen LogP) is 3.77. The topological polar surface area (TPSA) is 146 Å². The molecule has 0 aromatic rings. The van der Waals surface area contributed by atoms with E-state index in [0.717, 1.165) is 38.5 Å². The molecular weight excluding hydrogens is 504 g/mol. The number of carbonyl (C=O) groups excluding carboxylic acids is 1. The molecule has 1 aliphatic rings. The van der Waals surface area contributed by atoms with E-state index in [1.807, 2.05) is 0 Å². The predicted molar refractivity (Wildman–Crippen MR) is 150 cm³/mol. The van der Waals surface area contributed by atoms with Crippen molar-refractivity contribution >= 4 is 5.97 Å². The minimum Gasteiger partial charge on any atom is -0.463 e. The number of aliphatic hydroxyl groups is 5. The van der Waals surface area contributed by atoms with Crippen LogP contribution < -0.4 is 0 Å². The Morgan fingerprint density at radius 2 is 1.36 bits per heavy atom. The van der Waals surface area contributed by atoms with E-state index in [-0.39, 0.29) is 32.8 Å². The zero-order chi connectivity index (χ0) is 28.9. The van der Waals surface area contributed by atoms with E-state index in [2.05, 4.69) is 19.1 Å². The van der Waals surface area contributed by atoms with E-state index >= 15 is 0 Å². The van der Waals surface area contributed by atoms with E-state index in [0.29, 0.717) is 6.42 Å². The number of hydrogen-bond acceptors (Lipinski definition) is 9. The van der Waals surface area contributed by atoms with Gasteiger partial charge < -0.3 is 39.7 Å². The van der Waals surface area contributed by atoms with Crippen molar-refractivity contribution in [1.82, 2.24) is 0 Å². The van der Waals surface area contributed by atoms with Gasteiger partial charge in [0.1, 0.15) is 31.0 Å². The summed E-state index contributed by atoms with van der Waals surface area (Å²) in [5.41, 5.74) is -0.921. The minimum absolute atomic E-state index is 0.122. The molecule has 0 aliphatic carbocycles. The first kappa shape index (κ1) is 36.0. The maximum absolute atomic E-state index is 12.2. The molecule has 1 fully saturated rings. The van der Waals surface area contributed by atoms with E-state index in [4.69, 9.17) is 14.2 Å². The van der Waals surface area contributed by atoms with Gasteiger partial charge in [-0.25, -0.2) is 0 Å². The summed E-state index contributed by atoms with van der Waals surface area (Å²) in [6.45, 7) is 2.96. The minimum atomic E-state index is -1.56. The summed E-state index contributed by atoms with van der Waals surface area (Å²) in [6, 6.07) is 0. The monoisotopic (exact) mass is 560 g/mol. The van der Waals surface area contributed by atoms with Gasteiger partial charge in [0.15, 0.2) is 6.29 Å². The Bertz CT molecular complexity index is 630. The Morgan fingerprint density at radius 3 is 1.92 bits per heavy atom. The Morgan fingerprint density at radius 1 is 0.795 bits per heavy atom. The van der Waals surface area contributed by atoms with E-state index in [9.17, 15) is 30.3 Å². The lowest BCUT2D eigenvalue weighted by Gasteiger charge is -2.41. The van der Waals surface area contributed by atoms with Crippen molar-refractivity contribution in [3.05, 3.63) is 12.2 Å². The summed E-state index contributed by atoms with van der Waals surface area (Å²) >= 11 is 0. The molecule has 0 aromatic carbocycles. The molecule has 0 spiro atoms. The maximum atomic E-state index is 12.2. The third kappa shape index (κ3) is 14.4. The molecule has 0 saturated carbocycles. The van der Waals surface area contributed by atoms with Crippen molar-refractivity contribution in [2.45, 2.75) is 141 Å². The number of esters is 1. The van der Waals surface area contributed by atoms with Crippen LogP contribution in [0.2, 0.25) is 0 Å². The van der Waals surface area contributed by atoms with Crippen LogP contribution in [0.25, 0.3) is 0 Å². The van der Waals surface area contributed by atoms with Gasteiger partial charge in [-0.15, -0.1) is 0 Å². The Labute approximate surface area is 235 Å². The fourth-order valence-electron chi connectivity index (χ4n) is 4.51. The fraction of sp³-hybridized carbons (Fsp3) is 0.900. The van der Waals surface area contributed by atoms with Crippen molar-refractivity contribution < 1.29 is 44.5 Å². The highest BCUT2D eigenvalue weighted by Gasteiger charge is 2.45. The zero-order valence-electron chi connectivity index (χ0n) is 24.3. The largest absolute Gasteiger partial charge is 0.463 e. The van der Waals surface area contributed by atoms with Crippen molar-refractivity contribution in [2.75, 3.05) is 26.4 Å². The van der Waals surface area contributed by atoms with E-state index < -0.39 is 42.1 Å². The standard InChI is InChI=1S/C30H56O9/c1-3-5-6-7-8-9-10-11-12-13-14-15-16-17-18-19-25(33)37-20-24-26(34)27(35)28(36)29(39-24)38-23-30(4-2,21-31)22-32/h11-12,24,26-29,31-32,34-36H,3-10,13-23H2,1-2H3/b12-11-/t24-,26-,27+,28-,29+/m1/s1. The number of carbonyl (C=O) groups is 1. The summed E-state index contributed by atoms with van der Waals surface area (Å²) in [5.74, 6) is -0.410. The molecule has 5 N–H and O–H groups in total. The van der Waals surface area contributed by atoms with Crippen LogP contribution in [0.5, 0.6) is 0 Å². The summed E-state index contributed by atoms with van der Waals surface area (Å²) in [6.07, 6.45) is 13.6. The van der Waals surface area contributed by atoms with Crippen molar-refractivity contribution in [3.8, 4) is 0 Å². The molecule has 0 aromatic heterocycles. The van der Waals surface area contributed by atoms with Crippen LogP contribution >= 0.6 is 0 Å². The number of hydrogen-bond donors (Lipinski definition) is 5. The lowest BCUT2D eigenvalue weighted by atomic mass is 9.88. The number of allylic oxidation sites excluding steroid dienone is 2. The summed E-state index contributed by atoms with van der Waals surface area (Å²) < 4.78 is 16.4. The molecule has 0 radical (unpaired) electrons. The highest BCUT2D eigenvalue weighted by atomic mass is 16.7. The van der Waals surface area contributed by atoms with Crippen molar-refractivity contribution in [3.63, 3.8) is 0 Å². The highest BCUT2D eigenvalue weighted by Crippen LogP contribution is 2.27. The molecule has 1 heterocycles. The molecule has 5 atom stereocenters. The third-order valence-electron chi connectivity index (χ3n) is 7.69. The Hall–Kier alpha value is -1.07. The number of aliphatic hydroxyl groups excluding tert-OH is 5. The molecule has 39 heavy (non-hydrogen) atoms. The lowest BCUT2D eigenvalue weighted by Crippen LogP contribution is -2.60. The van der Waals surface area contributed by atoms with Gasteiger partial charge in [-0.1, -0.05) is 77.4 Å². The molecule has 0 bridgehead atoms. The van der Waals surface area contributed by atoms with Crippen LogP contribution in [-0.2, 0) is 19.0 Å². The van der Waals surface area contributed by atoms with Gasteiger partial charge in [-0.3, -0.25) is 4.79 Å².